The minimum absolute atomic E-state index is 0.449. The third-order valence-corrected chi connectivity index (χ3v) is 1.78. The van der Waals surface area contributed by atoms with Gasteiger partial charge in [0.25, 0.3) is 0 Å². The third kappa shape index (κ3) is 1.61. The van der Waals surface area contributed by atoms with E-state index in [4.69, 9.17) is 0 Å². The van der Waals surface area contributed by atoms with E-state index in [1.54, 1.807) is 11.3 Å². The molecule has 48 valence electrons. The average Bonchev–Trinajstić information content (AvgIpc) is 2.17. The molecule has 1 heterocycles. The van der Waals surface area contributed by atoms with Gasteiger partial charge in [-0.25, -0.2) is 4.98 Å². The van der Waals surface area contributed by atoms with Crippen molar-refractivity contribution in [3.8, 4) is 0 Å². The van der Waals surface area contributed by atoms with Gasteiger partial charge in [0.1, 0.15) is 6.29 Å². The second-order valence-corrected chi connectivity index (χ2v) is 2.79. The lowest BCUT2D eigenvalue weighted by Crippen LogP contribution is -1.84. The molecule has 1 aromatic heterocycles. The van der Waals surface area contributed by atoms with Gasteiger partial charge in [-0.05, 0) is 6.92 Å². The minimum Gasteiger partial charge on any atom is -0.303 e. The molecule has 0 fully saturated rings. The van der Waals surface area contributed by atoms with Crippen LogP contribution in [0, 0.1) is 6.92 Å². The molecule has 0 bridgehead atoms. The van der Waals surface area contributed by atoms with Gasteiger partial charge in [0.15, 0.2) is 0 Å². The normalized spacial score (nSPS) is 9.44. The first kappa shape index (κ1) is 6.42. The number of thiazole rings is 1. The Labute approximate surface area is 57.5 Å². The molecule has 0 amide bonds. The molecule has 0 saturated carbocycles. The van der Waals surface area contributed by atoms with E-state index < -0.39 is 0 Å². The van der Waals surface area contributed by atoms with Gasteiger partial charge >= 0.3 is 0 Å². The number of rotatable bonds is 2. The zero-order valence-electron chi connectivity index (χ0n) is 5.13. The number of hydrogen-bond acceptors (Lipinski definition) is 3. The van der Waals surface area contributed by atoms with Gasteiger partial charge in [0, 0.05) is 11.8 Å². The molecule has 1 rings (SSSR count). The van der Waals surface area contributed by atoms with E-state index >= 15 is 0 Å². The van der Waals surface area contributed by atoms with Gasteiger partial charge in [0.05, 0.1) is 10.7 Å². The van der Waals surface area contributed by atoms with Crippen LogP contribution < -0.4 is 0 Å². The monoisotopic (exact) mass is 141 g/mol. The molecule has 2 nitrogen and oxygen atoms in total. The minimum atomic E-state index is 0.449. The van der Waals surface area contributed by atoms with Crippen molar-refractivity contribution >= 4 is 17.6 Å². The standard InChI is InChI=1S/C6H7NOS/c1-5-7-6(2-3-8)4-9-5/h3-4H,2H2,1H3. The topological polar surface area (TPSA) is 30.0 Å². The highest BCUT2D eigenvalue weighted by Crippen LogP contribution is 2.06. The number of nitrogens with zero attached hydrogens (tertiary/aromatic N) is 1. The van der Waals surface area contributed by atoms with E-state index in [0.717, 1.165) is 17.0 Å². The van der Waals surface area contributed by atoms with Crippen LogP contribution in [0.1, 0.15) is 10.7 Å². The lowest BCUT2D eigenvalue weighted by molar-refractivity contribution is -0.107. The molecular weight excluding hydrogens is 134 g/mol. The molecule has 3 heteroatoms. The third-order valence-electron chi connectivity index (χ3n) is 0.959. The summed E-state index contributed by atoms with van der Waals surface area (Å²) < 4.78 is 0. The van der Waals surface area contributed by atoms with Crippen LogP contribution in [0.2, 0.25) is 0 Å². The zero-order valence-corrected chi connectivity index (χ0v) is 5.94. The van der Waals surface area contributed by atoms with Gasteiger partial charge in [-0.1, -0.05) is 0 Å². The largest absolute Gasteiger partial charge is 0.303 e. The molecule has 0 N–H and O–H groups in total. The summed E-state index contributed by atoms with van der Waals surface area (Å²) in [6.45, 7) is 1.93. The molecule has 0 radical (unpaired) electrons. The number of aryl methyl sites for hydroxylation is 1. The molecule has 0 atom stereocenters. The number of carbonyl (C=O) groups is 1. The van der Waals surface area contributed by atoms with E-state index in [2.05, 4.69) is 4.98 Å². The Morgan fingerprint density at radius 2 is 2.67 bits per heavy atom. The summed E-state index contributed by atoms with van der Waals surface area (Å²) in [4.78, 5) is 14.0. The Bertz CT molecular complexity index is 207. The lowest BCUT2D eigenvalue weighted by atomic mass is 10.4. The van der Waals surface area contributed by atoms with Crippen LogP contribution in [-0.2, 0) is 11.2 Å². The van der Waals surface area contributed by atoms with Crippen molar-refractivity contribution in [1.82, 2.24) is 4.98 Å². The number of carbonyl (C=O) groups excluding carboxylic acids is 1. The van der Waals surface area contributed by atoms with E-state index in [1.807, 2.05) is 12.3 Å². The van der Waals surface area contributed by atoms with E-state index in [0.29, 0.717) is 6.42 Å². The highest BCUT2D eigenvalue weighted by Gasteiger charge is 1.94. The van der Waals surface area contributed by atoms with Crippen molar-refractivity contribution in [2.75, 3.05) is 0 Å². The Balaban J connectivity index is 2.72. The molecule has 0 aromatic carbocycles. The van der Waals surface area contributed by atoms with Crippen LogP contribution in [0.25, 0.3) is 0 Å². The molecule has 0 saturated heterocycles. The fourth-order valence-corrected chi connectivity index (χ4v) is 1.21. The zero-order chi connectivity index (χ0) is 6.69. The summed E-state index contributed by atoms with van der Waals surface area (Å²) in [7, 11) is 0. The quantitative estimate of drug-likeness (QED) is 0.579. The van der Waals surface area contributed by atoms with Crippen LogP contribution in [0.3, 0.4) is 0 Å². The van der Waals surface area contributed by atoms with Gasteiger partial charge in [-0.15, -0.1) is 11.3 Å². The SMILES string of the molecule is Cc1nc(CC=O)cs1. The number of hydrogen-bond donors (Lipinski definition) is 0. The first-order valence-electron chi connectivity index (χ1n) is 2.67. The van der Waals surface area contributed by atoms with Gasteiger partial charge in [0.2, 0.25) is 0 Å². The first-order valence-corrected chi connectivity index (χ1v) is 3.55. The van der Waals surface area contributed by atoms with Crippen LogP contribution in [0.15, 0.2) is 5.38 Å². The smallest absolute Gasteiger partial charge is 0.125 e. The van der Waals surface area contributed by atoms with Crippen LogP contribution in [-0.4, -0.2) is 11.3 Å². The van der Waals surface area contributed by atoms with Crippen LogP contribution in [0.4, 0.5) is 0 Å². The van der Waals surface area contributed by atoms with Crippen molar-refractivity contribution in [3.63, 3.8) is 0 Å². The number of aromatic nitrogens is 1. The fourth-order valence-electron chi connectivity index (χ4n) is 0.587. The second-order valence-electron chi connectivity index (χ2n) is 1.73. The van der Waals surface area contributed by atoms with Gasteiger partial charge < -0.3 is 4.79 Å². The predicted molar refractivity (Wildman–Crippen MR) is 36.6 cm³/mol. The predicted octanol–water partition coefficient (Wildman–Crippen LogP) is 1.19. The van der Waals surface area contributed by atoms with Crippen molar-refractivity contribution in [1.29, 1.82) is 0 Å². The summed E-state index contributed by atoms with van der Waals surface area (Å²) in [5, 5.41) is 2.93. The Morgan fingerprint density at radius 1 is 1.89 bits per heavy atom. The maximum Gasteiger partial charge on any atom is 0.125 e. The summed E-state index contributed by atoms with van der Waals surface area (Å²) in [5.74, 6) is 0. The van der Waals surface area contributed by atoms with E-state index in [9.17, 15) is 4.79 Å². The molecule has 0 aliphatic carbocycles. The van der Waals surface area contributed by atoms with E-state index in [1.165, 1.54) is 0 Å². The average molecular weight is 141 g/mol. The highest BCUT2D eigenvalue weighted by molar-refractivity contribution is 7.09. The summed E-state index contributed by atoms with van der Waals surface area (Å²) >= 11 is 1.57. The van der Waals surface area contributed by atoms with E-state index in [-0.39, 0.29) is 0 Å². The molecule has 0 unspecified atom stereocenters. The molecule has 0 spiro atoms. The van der Waals surface area contributed by atoms with Crippen molar-refractivity contribution in [2.24, 2.45) is 0 Å². The molecular formula is C6H7NOS. The van der Waals surface area contributed by atoms with Gasteiger partial charge in [-0.3, -0.25) is 0 Å². The lowest BCUT2D eigenvalue weighted by Gasteiger charge is -1.79. The Morgan fingerprint density at radius 3 is 3.11 bits per heavy atom. The number of aldehydes is 1. The molecule has 0 aliphatic rings. The Hall–Kier alpha value is -0.700. The van der Waals surface area contributed by atoms with Crippen molar-refractivity contribution < 1.29 is 4.79 Å². The molecule has 9 heavy (non-hydrogen) atoms. The molecule has 0 aliphatic heterocycles. The summed E-state index contributed by atoms with van der Waals surface area (Å²) in [5.41, 5.74) is 0.882. The second kappa shape index (κ2) is 2.73. The van der Waals surface area contributed by atoms with Crippen LogP contribution in [0.5, 0.6) is 0 Å². The van der Waals surface area contributed by atoms with Gasteiger partial charge in [-0.2, -0.15) is 0 Å². The Kier molecular flexibility index (Phi) is 1.95. The summed E-state index contributed by atoms with van der Waals surface area (Å²) in [6.07, 6.45) is 1.32. The van der Waals surface area contributed by atoms with Crippen molar-refractivity contribution in [2.45, 2.75) is 13.3 Å². The summed E-state index contributed by atoms with van der Waals surface area (Å²) in [6, 6.07) is 0. The maximum atomic E-state index is 9.95. The fraction of sp³-hybridized carbons (Fsp3) is 0.333. The first-order chi connectivity index (χ1) is 4.33. The molecule has 1 aromatic rings. The van der Waals surface area contributed by atoms with Crippen molar-refractivity contribution in [3.05, 3.63) is 16.1 Å². The maximum absolute atomic E-state index is 9.95. The van der Waals surface area contributed by atoms with Crippen LogP contribution >= 0.6 is 11.3 Å². The highest BCUT2D eigenvalue weighted by atomic mass is 32.1.